The van der Waals surface area contributed by atoms with Gasteiger partial charge in [0.25, 0.3) is 0 Å². The minimum absolute atomic E-state index is 0.00827. The van der Waals surface area contributed by atoms with Crippen LogP contribution >= 0.6 is 0 Å². The molecule has 140 valence electrons. The average Bonchev–Trinajstić information content (AvgIpc) is 3.47. The lowest BCUT2D eigenvalue weighted by Gasteiger charge is -2.39. The van der Waals surface area contributed by atoms with Gasteiger partial charge in [-0.05, 0) is 49.7 Å². The summed E-state index contributed by atoms with van der Waals surface area (Å²) in [5.41, 5.74) is 2.53. The zero-order chi connectivity index (χ0) is 18.1. The molecule has 0 bridgehead atoms. The molecule has 4 amide bonds. The molecule has 1 aromatic rings. The van der Waals surface area contributed by atoms with Crippen molar-refractivity contribution < 1.29 is 14.3 Å². The molecule has 3 fully saturated rings. The number of nitrogens with one attached hydrogen (secondary N) is 3. The van der Waals surface area contributed by atoms with Crippen LogP contribution in [0.5, 0.6) is 0 Å². The van der Waals surface area contributed by atoms with E-state index in [9.17, 15) is 9.59 Å². The van der Waals surface area contributed by atoms with Crippen molar-refractivity contribution in [1.29, 1.82) is 0 Å². The summed E-state index contributed by atoms with van der Waals surface area (Å²) in [5, 5.41) is 8.99. The first-order valence-electron chi connectivity index (χ1n) is 9.45. The summed E-state index contributed by atoms with van der Waals surface area (Å²) in [7, 11) is 0. The number of carbonyl (C=O) groups is 2. The molecular weight excluding hydrogens is 332 g/mol. The van der Waals surface area contributed by atoms with Crippen molar-refractivity contribution in [3.05, 3.63) is 35.4 Å². The van der Waals surface area contributed by atoms with Gasteiger partial charge in [0.05, 0.1) is 0 Å². The zero-order valence-electron chi connectivity index (χ0n) is 15.0. The number of carbonyl (C=O) groups excluding carboxylic acids is 2. The van der Waals surface area contributed by atoms with Gasteiger partial charge in [-0.2, -0.15) is 0 Å². The van der Waals surface area contributed by atoms with Gasteiger partial charge in [0.2, 0.25) is 0 Å². The van der Waals surface area contributed by atoms with Crippen LogP contribution in [0.4, 0.5) is 9.59 Å². The van der Waals surface area contributed by atoms with Crippen molar-refractivity contribution in [2.24, 2.45) is 0 Å². The van der Waals surface area contributed by atoms with Crippen LogP contribution in [0.2, 0.25) is 0 Å². The Morgan fingerprint density at radius 3 is 2.46 bits per heavy atom. The van der Waals surface area contributed by atoms with Crippen molar-refractivity contribution >= 4 is 12.1 Å². The summed E-state index contributed by atoms with van der Waals surface area (Å²) >= 11 is 0. The Hall–Kier alpha value is -2.12. The van der Waals surface area contributed by atoms with E-state index in [1.165, 1.54) is 23.3 Å². The highest BCUT2D eigenvalue weighted by atomic mass is 16.5. The molecule has 3 aliphatic rings. The second kappa shape index (κ2) is 7.25. The van der Waals surface area contributed by atoms with E-state index in [1.54, 1.807) is 0 Å². The predicted molar refractivity (Wildman–Crippen MR) is 96.5 cm³/mol. The Morgan fingerprint density at radius 2 is 1.81 bits per heavy atom. The zero-order valence-corrected chi connectivity index (χ0v) is 15.0. The van der Waals surface area contributed by atoms with Crippen molar-refractivity contribution in [2.75, 3.05) is 13.2 Å². The number of benzene rings is 1. The predicted octanol–water partition coefficient (Wildman–Crippen LogP) is 2.41. The van der Waals surface area contributed by atoms with E-state index in [4.69, 9.17) is 4.74 Å². The Bertz CT molecular complexity index is 667. The van der Waals surface area contributed by atoms with Gasteiger partial charge < -0.3 is 15.4 Å². The number of rotatable bonds is 5. The first-order chi connectivity index (χ1) is 12.6. The third-order valence-electron chi connectivity index (χ3n) is 5.41. The van der Waals surface area contributed by atoms with Gasteiger partial charge in [0.1, 0.15) is 0 Å². The second-order valence-electron chi connectivity index (χ2n) is 7.38. The molecule has 1 aliphatic carbocycles. The maximum atomic E-state index is 12.5. The standard InChI is InChI=1S/C19H26N4O3/c1-12(14-3-2-4-15(11-14)13-5-6-13)20-17-21-18(24)23(19(25)22-17)16-7-9-26-10-8-16/h2-4,11-13,16-17,20H,5-10H2,1H3,(H,21,24)(H,22,25)/t12-/m1/s1. The number of imide groups is 1. The normalized spacial score (nSPS) is 23.5. The van der Waals surface area contributed by atoms with Crippen LogP contribution in [0.1, 0.15) is 55.7 Å². The third-order valence-corrected chi connectivity index (χ3v) is 5.41. The molecule has 1 atom stereocenters. The molecule has 1 saturated carbocycles. The number of urea groups is 2. The van der Waals surface area contributed by atoms with Gasteiger partial charge in [-0.3, -0.25) is 5.32 Å². The smallest absolute Gasteiger partial charge is 0.328 e. The van der Waals surface area contributed by atoms with Gasteiger partial charge in [-0.1, -0.05) is 24.3 Å². The molecule has 0 spiro atoms. The first-order valence-corrected chi connectivity index (χ1v) is 9.45. The topological polar surface area (TPSA) is 82.7 Å². The fourth-order valence-corrected chi connectivity index (χ4v) is 3.72. The lowest BCUT2D eigenvalue weighted by atomic mass is 10.0. The quantitative estimate of drug-likeness (QED) is 0.755. The van der Waals surface area contributed by atoms with E-state index in [0.717, 1.165) is 5.56 Å². The Kier molecular flexibility index (Phi) is 4.82. The number of hydrogen-bond donors (Lipinski definition) is 3. The summed E-state index contributed by atoms with van der Waals surface area (Å²) in [6.45, 7) is 3.20. The van der Waals surface area contributed by atoms with E-state index in [0.29, 0.717) is 32.0 Å². The number of amides is 4. The van der Waals surface area contributed by atoms with Crippen LogP contribution in [0.3, 0.4) is 0 Å². The van der Waals surface area contributed by atoms with Crippen molar-refractivity contribution in [3.8, 4) is 0 Å². The minimum atomic E-state index is -0.578. The lowest BCUT2D eigenvalue weighted by molar-refractivity contribution is 0.0492. The summed E-state index contributed by atoms with van der Waals surface area (Å²) in [4.78, 5) is 26.2. The summed E-state index contributed by atoms with van der Waals surface area (Å²) < 4.78 is 5.31. The van der Waals surface area contributed by atoms with Gasteiger partial charge in [-0.25, -0.2) is 14.5 Å². The van der Waals surface area contributed by atoms with Gasteiger partial charge in [-0.15, -0.1) is 0 Å². The maximum absolute atomic E-state index is 12.5. The molecule has 2 saturated heterocycles. The molecule has 7 heteroatoms. The number of nitrogens with zero attached hydrogens (tertiary/aromatic N) is 1. The van der Waals surface area contributed by atoms with Gasteiger partial charge >= 0.3 is 12.1 Å². The average molecular weight is 358 g/mol. The fraction of sp³-hybridized carbons (Fsp3) is 0.579. The molecule has 26 heavy (non-hydrogen) atoms. The largest absolute Gasteiger partial charge is 0.381 e. The van der Waals surface area contributed by atoms with E-state index in [2.05, 4.69) is 40.2 Å². The molecule has 4 rings (SSSR count). The van der Waals surface area contributed by atoms with Crippen LogP contribution < -0.4 is 16.0 Å². The highest BCUT2D eigenvalue weighted by Crippen LogP contribution is 2.40. The third kappa shape index (κ3) is 3.68. The molecule has 2 aliphatic heterocycles. The molecular formula is C19H26N4O3. The van der Waals surface area contributed by atoms with Crippen molar-refractivity contribution in [1.82, 2.24) is 20.9 Å². The van der Waals surface area contributed by atoms with Crippen molar-refractivity contribution in [3.63, 3.8) is 0 Å². The Balaban J connectivity index is 1.38. The van der Waals surface area contributed by atoms with Crippen LogP contribution in [0.15, 0.2) is 24.3 Å². The van der Waals surface area contributed by atoms with E-state index >= 15 is 0 Å². The van der Waals surface area contributed by atoms with Gasteiger partial charge in [0.15, 0.2) is 6.29 Å². The highest BCUT2D eigenvalue weighted by molar-refractivity contribution is 5.96. The van der Waals surface area contributed by atoms with Crippen LogP contribution in [-0.4, -0.2) is 42.5 Å². The number of hydrogen-bond acceptors (Lipinski definition) is 4. The first kappa shape index (κ1) is 17.3. The second-order valence-corrected chi connectivity index (χ2v) is 7.38. The monoisotopic (exact) mass is 358 g/mol. The molecule has 3 N–H and O–H groups in total. The molecule has 0 aromatic heterocycles. The van der Waals surface area contributed by atoms with Crippen molar-refractivity contribution in [2.45, 2.75) is 56.9 Å². The summed E-state index contributed by atoms with van der Waals surface area (Å²) in [5.74, 6) is 0.698. The Labute approximate surface area is 153 Å². The van der Waals surface area contributed by atoms with Gasteiger partial charge in [0, 0.05) is 25.3 Å². The van der Waals surface area contributed by atoms with Crippen LogP contribution in [0.25, 0.3) is 0 Å². The number of ether oxygens (including phenoxy) is 1. The molecule has 7 nitrogen and oxygen atoms in total. The van der Waals surface area contributed by atoms with E-state index in [-0.39, 0.29) is 24.1 Å². The highest BCUT2D eigenvalue weighted by Gasteiger charge is 2.37. The summed E-state index contributed by atoms with van der Waals surface area (Å²) in [6.07, 6.45) is 3.32. The summed E-state index contributed by atoms with van der Waals surface area (Å²) in [6, 6.07) is 7.75. The molecule has 2 heterocycles. The van der Waals surface area contributed by atoms with E-state index in [1.807, 2.05) is 6.92 Å². The fourth-order valence-electron chi connectivity index (χ4n) is 3.72. The molecule has 0 unspecified atom stereocenters. The SMILES string of the molecule is C[C@@H](NC1NC(=O)N(C2CCOCC2)C(=O)N1)c1cccc(C2CC2)c1. The van der Waals surface area contributed by atoms with Crippen LogP contribution in [-0.2, 0) is 4.74 Å². The lowest BCUT2D eigenvalue weighted by Crippen LogP contribution is -2.70. The molecule has 1 aromatic carbocycles. The van der Waals surface area contributed by atoms with E-state index < -0.39 is 6.29 Å². The Morgan fingerprint density at radius 1 is 1.12 bits per heavy atom. The minimum Gasteiger partial charge on any atom is -0.381 e. The van der Waals surface area contributed by atoms with Crippen LogP contribution in [0, 0.1) is 0 Å². The maximum Gasteiger partial charge on any atom is 0.328 e. The molecule has 0 radical (unpaired) electrons.